The van der Waals surface area contributed by atoms with E-state index >= 15 is 0 Å². The first kappa shape index (κ1) is 14.3. The molecule has 0 aliphatic rings. The highest BCUT2D eigenvalue weighted by atomic mass is 19.4. The van der Waals surface area contributed by atoms with Crippen molar-refractivity contribution in [3.63, 3.8) is 0 Å². The Morgan fingerprint density at radius 1 is 1.44 bits per heavy atom. The summed E-state index contributed by atoms with van der Waals surface area (Å²) in [5.41, 5.74) is -1.49. The predicted octanol–water partition coefficient (Wildman–Crippen LogP) is 3.82. The number of alkyl halides is 3. The first-order valence-electron chi connectivity index (χ1n) is 5.38. The zero-order valence-corrected chi connectivity index (χ0v) is 9.91. The maximum absolute atomic E-state index is 12.4. The van der Waals surface area contributed by atoms with Crippen molar-refractivity contribution >= 4 is 11.4 Å². The second-order valence-corrected chi connectivity index (χ2v) is 3.94. The van der Waals surface area contributed by atoms with Crippen LogP contribution in [0.3, 0.4) is 0 Å². The summed E-state index contributed by atoms with van der Waals surface area (Å²) in [4.78, 5) is 9.95. The number of hydrogen-bond donors (Lipinski definition) is 1. The van der Waals surface area contributed by atoms with Crippen molar-refractivity contribution in [1.29, 1.82) is 0 Å². The third-order valence-corrected chi connectivity index (χ3v) is 2.54. The van der Waals surface area contributed by atoms with Crippen LogP contribution in [-0.2, 0) is 6.18 Å². The number of nitro benzene ring substituents is 1. The summed E-state index contributed by atoms with van der Waals surface area (Å²) in [5.74, 6) is 0. The molecule has 100 valence electrons. The van der Waals surface area contributed by atoms with Gasteiger partial charge in [0, 0.05) is 12.1 Å². The molecule has 1 aromatic rings. The van der Waals surface area contributed by atoms with Gasteiger partial charge in [-0.05, 0) is 25.5 Å². The lowest BCUT2D eigenvalue weighted by atomic mass is 10.1. The first-order chi connectivity index (χ1) is 8.25. The van der Waals surface area contributed by atoms with Crippen LogP contribution in [0, 0.1) is 10.1 Å². The van der Waals surface area contributed by atoms with E-state index in [0.717, 1.165) is 12.1 Å². The van der Waals surface area contributed by atoms with Gasteiger partial charge >= 0.3 is 6.18 Å². The number of nitrogens with one attached hydrogen (secondary N) is 1. The minimum atomic E-state index is -4.58. The topological polar surface area (TPSA) is 55.2 Å². The molecule has 0 saturated carbocycles. The van der Waals surface area contributed by atoms with Gasteiger partial charge in [-0.3, -0.25) is 10.1 Å². The van der Waals surface area contributed by atoms with Crippen molar-refractivity contribution in [3.8, 4) is 0 Å². The minimum Gasteiger partial charge on any atom is -0.377 e. The summed E-state index contributed by atoms with van der Waals surface area (Å²) in [6.07, 6.45) is -3.88. The quantitative estimate of drug-likeness (QED) is 0.662. The lowest BCUT2D eigenvalue weighted by molar-refractivity contribution is -0.384. The van der Waals surface area contributed by atoms with E-state index in [4.69, 9.17) is 0 Å². The summed E-state index contributed by atoms with van der Waals surface area (Å²) in [5, 5.41) is 13.6. The molecule has 1 N–H and O–H groups in total. The van der Waals surface area contributed by atoms with Crippen molar-refractivity contribution in [2.45, 2.75) is 32.5 Å². The molecule has 0 saturated heterocycles. The van der Waals surface area contributed by atoms with Crippen molar-refractivity contribution in [2.75, 3.05) is 5.32 Å². The van der Waals surface area contributed by atoms with Crippen LogP contribution in [-0.4, -0.2) is 11.0 Å². The normalized spacial score (nSPS) is 13.2. The molecule has 0 spiro atoms. The summed E-state index contributed by atoms with van der Waals surface area (Å²) in [6.45, 7) is 3.66. The SMILES string of the molecule is CCC(C)Nc1ccc(C(F)(F)F)cc1[N+](=O)[O-]. The highest BCUT2D eigenvalue weighted by Gasteiger charge is 2.33. The van der Waals surface area contributed by atoms with Crippen LogP contribution < -0.4 is 5.32 Å². The van der Waals surface area contributed by atoms with E-state index in [9.17, 15) is 23.3 Å². The Labute approximate surface area is 102 Å². The highest BCUT2D eigenvalue weighted by Crippen LogP contribution is 2.35. The van der Waals surface area contributed by atoms with Gasteiger partial charge < -0.3 is 5.32 Å². The fourth-order valence-corrected chi connectivity index (χ4v) is 1.35. The molecular weight excluding hydrogens is 249 g/mol. The van der Waals surface area contributed by atoms with Gasteiger partial charge in [0.2, 0.25) is 0 Å². The lowest BCUT2D eigenvalue weighted by Gasteiger charge is -2.14. The van der Waals surface area contributed by atoms with Gasteiger partial charge in [0.25, 0.3) is 5.69 Å². The van der Waals surface area contributed by atoms with Crippen molar-refractivity contribution in [2.24, 2.45) is 0 Å². The molecule has 0 aliphatic carbocycles. The van der Waals surface area contributed by atoms with E-state index in [1.165, 1.54) is 0 Å². The molecule has 0 heterocycles. The molecular formula is C11H13F3N2O2. The van der Waals surface area contributed by atoms with E-state index < -0.39 is 22.4 Å². The summed E-state index contributed by atoms with van der Waals surface area (Å²) in [7, 11) is 0. The van der Waals surface area contributed by atoms with Crippen molar-refractivity contribution in [1.82, 2.24) is 0 Å². The first-order valence-corrected chi connectivity index (χ1v) is 5.38. The molecule has 0 aromatic heterocycles. The molecule has 4 nitrogen and oxygen atoms in total. The Balaban J connectivity index is 3.17. The second-order valence-electron chi connectivity index (χ2n) is 3.94. The smallest absolute Gasteiger partial charge is 0.377 e. The molecule has 0 radical (unpaired) electrons. The van der Waals surface area contributed by atoms with Gasteiger partial charge in [0.05, 0.1) is 10.5 Å². The zero-order chi connectivity index (χ0) is 13.9. The maximum atomic E-state index is 12.4. The van der Waals surface area contributed by atoms with Gasteiger partial charge in [0.15, 0.2) is 0 Å². The van der Waals surface area contributed by atoms with Gasteiger partial charge in [-0.25, -0.2) is 0 Å². The molecule has 1 unspecified atom stereocenters. The van der Waals surface area contributed by atoms with Gasteiger partial charge in [0.1, 0.15) is 5.69 Å². The fourth-order valence-electron chi connectivity index (χ4n) is 1.35. The molecule has 0 amide bonds. The lowest BCUT2D eigenvalue weighted by Crippen LogP contribution is -2.15. The molecule has 0 bridgehead atoms. The van der Waals surface area contributed by atoms with E-state index in [-0.39, 0.29) is 11.7 Å². The van der Waals surface area contributed by atoms with E-state index in [2.05, 4.69) is 5.32 Å². The maximum Gasteiger partial charge on any atom is 0.416 e. The predicted molar refractivity (Wildman–Crippen MR) is 61.5 cm³/mol. The Bertz CT molecular complexity index is 446. The Morgan fingerprint density at radius 2 is 2.06 bits per heavy atom. The number of halogens is 3. The monoisotopic (exact) mass is 262 g/mol. The number of hydrogen-bond acceptors (Lipinski definition) is 3. The van der Waals surface area contributed by atoms with Gasteiger partial charge in [-0.1, -0.05) is 6.92 Å². The van der Waals surface area contributed by atoms with Crippen LogP contribution in [0.15, 0.2) is 18.2 Å². The van der Waals surface area contributed by atoms with Crippen molar-refractivity contribution < 1.29 is 18.1 Å². The van der Waals surface area contributed by atoms with E-state index in [1.807, 2.05) is 6.92 Å². The number of anilines is 1. The number of nitro groups is 1. The van der Waals surface area contributed by atoms with E-state index in [1.54, 1.807) is 6.92 Å². The molecule has 1 rings (SSSR count). The third kappa shape index (κ3) is 3.35. The molecule has 0 fully saturated rings. The highest BCUT2D eigenvalue weighted by molar-refractivity contribution is 5.63. The standard InChI is InChI=1S/C11H13F3N2O2/c1-3-7(2)15-9-5-4-8(11(12,13)14)6-10(9)16(17)18/h4-7,15H,3H2,1-2H3. The van der Waals surface area contributed by atoms with Crippen LogP contribution in [0.4, 0.5) is 24.5 Å². The number of benzene rings is 1. The Hall–Kier alpha value is -1.79. The van der Waals surface area contributed by atoms with Crippen molar-refractivity contribution in [3.05, 3.63) is 33.9 Å². The molecule has 1 atom stereocenters. The van der Waals surface area contributed by atoms with Gasteiger partial charge in [-0.15, -0.1) is 0 Å². The molecule has 7 heteroatoms. The van der Waals surface area contributed by atoms with Crippen LogP contribution in [0.1, 0.15) is 25.8 Å². The number of nitrogens with zero attached hydrogens (tertiary/aromatic N) is 1. The fraction of sp³-hybridized carbons (Fsp3) is 0.455. The summed E-state index contributed by atoms with van der Waals surface area (Å²) in [6, 6.07) is 2.41. The van der Waals surface area contributed by atoms with Crippen LogP contribution in [0.2, 0.25) is 0 Å². The summed E-state index contributed by atoms with van der Waals surface area (Å²) < 4.78 is 37.3. The van der Waals surface area contributed by atoms with Gasteiger partial charge in [-0.2, -0.15) is 13.2 Å². The average molecular weight is 262 g/mol. The zero-order valence-electron chi connectivity index (χ0n) is 9.91. The second kappa shape index (κ2) is 5.24. The summed E-state index contributed by atoms with van der Waals surface area (Å²) >= 11 is 0. The Morgan fingerprint density at radius 3 is 2.50 bits per heavy atom. The third-order valence-electron chi connectivity index (χ3n) is 2.54. The molecule has 1 aromatic carbocycles. The Kier molecular flexibility index (Phi) is 4.15. The molecule has 0 aliphatic heterocycles. The molecule has 18 heavy (non-hydrogen) atoms. The number of rotatable bonds is 4. The average Bonchev–Trinajstić information content (AvgIpc) is 2.27. The largest absolute Gasteiger partial charge is 0.416 e. The van der Waals surface area contributed by atoms with Crippen LogP contribution >= 0.6 is 0 Å². The van der Waals surface area contributed by atoms with E-state index in [0.29, 0.717) is 12.5 Å². The van der Waals surface area contributed by atoms with Crippen LogP contribution in [0.25, 0.3) is 0 Å². The minimum absolute atomic E-state index is 0.0552. The van der Waals surface area contributed by atoms with Crippen LogP contribution in [0.5, 0.6) is 0 Å².